The molecule has 0 radical (unpaired) electrons. The lowest BCUT2D eigenvalue weighted by molar-refractivity contribution is 0.483. The van der Waals surface area contributed by atoms with Crippen LogP contribution in [-0.4, -0.2) is 23.6 Å². The molecule has 0 amide bonds. The van der Waals surface area contributed by atoms with Crippen LogP contribution in [0.2, 0.25) is 0 Å². The van der Waals surface area contributed by atoms with Gasteiger partial charge in [0.1, 0.15) is 17.3 Å². The molecule has 0 bridgehead atoms. The smallest absolute Gasteiger partial charge is 0.457 e. The molecule has 2 aromatic heterocycles. The van der Waals surface area contributed by atoms with E-state index in [2.05, 4.69) is 225 Å². The molecule has 9 aromatic carbocycles. The molecule has 1 aliphatic rings. The molecule has 0 saturated heterocycles. The Balaban J connectivity index is 1.04. The minimum absolute atomic E-state index is 0.121. The van der Waals surface area contributed by atoms with Gasteiger partial charge in [-0.15, -0.1) is 0 Å². The molecular formula is C72H66N4OSi+2. The highest BCUT2D eigenvalue weighted by Crippen LogP contribution is 2.45. The van der Waals surface area contributed by atoms with E-state index in [1.807, 2.05) is 63.9 Å². The maximum atomic E-state index is 9.15. The van der Waals surface area contributed by atoms with Crippen molar-refractivity contribution in [1.82, 2.24) is 18.7 Å². The monoisotopic (exact) mass is 1040 g/mol. The van der Waals surface area contributed by atoms with Gasteiger partial charge in [0.15, 0.2) is 8.07 Å². The molecule has 382 valence electrons. The zero-order valence-corrected chi connectivity index (χ0v) is 46.8. The lowest BCUT2D eigenvalue weighted by Gasteiger charge is -2.34. The second kappa shape index (κ2) is 19.4. The van der Waals surface area contributed by atoms with E-state index in [9.17, 15) is 0 Å². The van der Waals surface area contributed by atoms with Gasteiger partial charge in [-0.1, -0.05) is 214 Å². The van der Waals surface area contributed by atoms with Crippen LogP contribution in [0.5, 0.6) is 11.5 Å². The summed E-state index contributed by atoms with van der Waals surface area (Å²) in [4.78, 5) is 5.07. The molecule has 5 nitrogen and oxygen atoms in total. The van der Waals surface area contributed by atoms with Gasteiger partial charge < -0.3 is 4.74 Å². The first-order chi connectivity index (χ1) is 39.6. The maximum absolute atomic E-state index is 9.15. The first-order valence-corrected chi connectivity index (χ1v) is 28.9. The second-order valence-electron chi connectivity index (χ2n) is 23.6. The summed E-state index contributed by atoms with van der Waals surface area (Å²) in [5, 5.41) is 7.36. The average Bonchev–Trinajstić information content (AvgIpc) is 2.55. The van der Waals surface area contributed by atoms with Crippen molar-refractivity contribution in [3.8, 4) is 28.4 Å². The molecule has 78 heavy (non-hydrogen) atoms. The van der Waals surface area contributed by atoms with Gasteiger partial charge in [0.25, 0.3) is 5.69 Å². The van der Waals surface area contributed by atoms with E-state index in [0.29, 0.717) is 22.7 Å². The quantitative estimate of drug-likeness (QED) is 0.0777. The first kappa shape index (κ1) is 44.5. The highest BCUT2D eigenvalue weighted by Gasteiger charge is 2.43. The average molecular weight is 1040 g/mol. The number of fused-ring (bicyclic) bond motifs is 4. The van der Waals surface area contributed by atoms with E-state index in [0.717, 1.165) is 55.8 Å². The third kappa shape index (κ3) is 9.01. The molecule has 11 aromatic rings. The van der Waals surface area contributed by atoms with Gasteiger partial charge in [0.2, 0.25) is 11.4 Å². The molecule has 0 unspecified atom stereocenters. The summed E-state index contributed by atoms with van der Waals surface area (Å²) in [5.74, 6) is 2.05. The summed E-state index contributed by atoms with van der Waals surface area (Å²) in [5.41, 5.74) is 8.47. The van der Waals surface area contributed by atoms with E-state index >= 15 is 0 Å². The number of benzene rings is 9. The van der Waals surface area contributed by atoms with E-state index in [1.165, 1.54) is 26.3 Å². The van der Waals surface area contributed by atoms with Crippen molar-refractivity contribution < 1.29 is 11.6 Å². The highest BCUT2D eigenvalue weighted by molar-refractivity contribution is 7.20. The maximum Gasteiger partial charge on any atom is 0.503 e. The molecule has 0 N–H and O–H groups in total. The normalized spacial score (nSPS) is 13.8. The Bertz CT molecular complexity index is 4300. The molecule has 6 heteroatoms. The minimum Gasteiger partial charge on any atom is -0.457 e. The van der Waals surface area contributed by atoms with Crippen LogP contribution in [0, 0.1) is 0 Å². The molecule has 1 aliphatic heterocycles. The van der Waals surface area contributed by atoms with Crippen LogP contribution >= 0.6 is 0 Å². The fraction of sp³-hybridized carbons (Fsp3) is 0.167. The highest BCUT2D eigenvalue weighted by atomic mass is 28.3. The van der Waals surface area contributed by atoms with Gasteiger partial charge in [0, 0.05) is 47.3 Å². The van der Waals surface area contributed by atoms with Crippen LogP contribution in [-0.2, 0) is 16.2 Å². The van der Waals surface area contributed by atoms with Crippen LogP contribution in [0.15, 0.2) is 237 Å². The number of ether oxygens (including phenoxy) is 1. The van der Waals surface area contributed by atoms with Gasteiger partial charge in [-0.3, -0.25) is 4.57 Å². The summed E-state index contributed by atoms with van der Waals surface area (Å²) >= 11 is 0. The zero-order chi connectivity index (χ0) is 58.3. The van der Waals surface area contributed by atoms with Crippen molar-refractivity contribution in [2.75, 3.05) is 0 Å². The lowest BCUT2D eigenvalue weighted by atomic mass is 9.80. The molecule has 0 spiro atoms. The number of hydrogen-bond acceptors (Lipinski definition) is 2. The predicted molar refractivity (Wildman–Crippen MR) is 331 cm³/mol. The summed E-state index contributed by atoms with van der Waals surface area (Å²) in [6.07, 6.45) is 1.91. The molecule has 0 saturated carbocycles. The van der Waals surface area contributed by atoms with Crippen molar-refractivity contribution in [1.29, 1.82) is 0 Å². The summed E-state index contributed by atoms with van der Waals surface area (Å²) < 4.78 is 57.3. The predicted octanol–water partition coefficient (Wildman–Crippen LogP) is 15.8. The van der Waals surface area contributed by atoms with Crippen molar-refractivity contribution in [2.45, 2.75) is 78.6 Å². The largest absolute Gasteiger partial charge is 0.503 e. The molecule has 3 heterocycles. The number of rotatable bonds is 10. The van der Waals surface area contributed by atoms with Crippen LogP contribution < -0.4 is 34.6 Å². The number of hydrogen-bond donors (Lipinski definition) is 0. The SMILES string of the molecule is [2H]c1c([2H])c([2H])c(-c2cccc3c2[N+](c2cc(C(C)(C)C)cc(C(C)(C)C)c2)=C=[N+]3c2cccc(Oc3ccc4c5cc([Si](c6ccccc6)(c6ccccc6)c6ccccc6)ccc5n(-c5cc(C(C)(C)C)ccn5)c4c3)c2)c([2H])c1[2H]. The Kier molecular flexibility index (Phi) is 11.1. The fourth-order valence-electron chi connectivity index (χ4n) is 11.2. The van der Waals surface area contributed by atoms with Gasteiger partial charge in [-0.25, -0.2) is 4.98 Å². The second-order valence-corrected chi connectivity index (χ2v) is 27.4. The van der Waals surface area contributed by atoms with Crippen LogP contribution in [0.1, 0.15) is 85.9 Å². The fourth-order valence-corrected chi connectivity index (χ4v) is 15.9. The molecule has 0 aliphatic carbocycles. The van der Waals surface area contributed by atoms with Crippen LogP contribution in [0.4, 0.5) is 22.7 Å². The molecule has 12 rings (SSSR count). The lowest BCUT2D eigenvalue weighted by Crippen LogP contribution is -2.74. The van der Waals surface area contributed by atoms with Crippen molar-refractivity contribution >= 4 is 79.4 Å². The summed E-state index contributed by atoms with van der Waals surface area (Å²) in [6, 6.07) is 72.9. The topological polar surface area (TPSA) is 33.1 Å². The van der Waals surface area contributed by atoms with Crippen LogP contribution in [0.25, 0.3) is 38.8 Å². The van der Waals surface area contributed by atoms with E-state index < -0.39 is 26.2 Å². The number of pyridine rings is 1. The number of para-hydroxylation sites is 1. The summed E-state index contributed by atoms with van der Waals surface area (Å²) in [7, 11) is -2.89. The van der Waals surface area contributed by atoms with Crippen molar-refractivity contribution in [2.24, 2.45) is 0 Å². The van der Waals surface area contributed by atoms with Crippen molar-refractivity contribution in [3.63, 3.8) is 0 Å². The van der Waals surface area contributed by atoms with E-state index in [1.54, 1.807) is 0 Å². The molecule has 0 atom stereocenters. The van der Waals surface area contributed by atoms with Gasteiger partial charge >= 0.3 is 11.7 Å². The third-order valence-electron chi connectivity index (χ3n) is 15.3. The first-order valence-electron chi connectivity index (χ1n) is 29.4. The molecule has 0 fully saturated rings. The standard InChI is InChI=1S/C72H66N4OSi/c1-70(2,3)51-40-41-73-68(45-51)76-65-39-37-61(78(58-28-16-11-17-29-58,59-30-18-12-19-31-59)60-32-20-13-21-33-60)48-64(65)63-38-36-57(47-67(63)76)77-56-27-22-26-54(46-56)74-49-75(55-43-52(71(4,5)6)42-53(44-55)72(7,8)9)69-62(34-23-35-66(69)74)50-24-14-10-15-25-50/h10-48H,1-9H3/q+2/i10D,14D,15D,24D,25D. The minimum atomic E-state index is -2.89. The Morgan fingerprint density at radius 2 is 1.08 bits per heavy atom. The number of nitrogens with zero attached hydrogens (tertiary/aromatic N) is 4. The Morgan fingerprint density at radius 3 is 1.69 bits per heavy atom. The van der Waals surface area contributed by atoms with E-state index in [-0.39, 0.29) is 33.9 Å². The Morgan fingerprint density at radius 1 is 0.474 bits per heavy atom. The van der Waals surface area contributed by atoms with Gasteiger partial charge in [0.05, 0.1) is 29.5 Å². The Labute approximate surface area is 467 Å². The Hall–Kier alpha value is -8.67. The van der Waals surface area contributed by atoms with Gasteiger partial charge in [-0.2, -0.15) is 0 Å². The molecular weight excluding hydrogens is 965 g/mol. The van der Waals surface area contributed by atoms with Crippen molar-refractivity contribution in [3.05, 3.63) is 253 Å². The van der Waals surface area contributed by atoms with Crippen LogP contribution in [0.3, 0.4) is 0 Å². The van der Waals surface area contributed by atoms with E-state index in [4.69, 9.17) is 16.6 Å². The summed E-state index contributed by atoms with van der Waals surface area (Å²) in [6.45, 7) is 19.9. The number of aromatic nitrogens is 2. The zero-order valence-electron chi connectivity index (χ0n) is 50.8. The van der Waals surface area contributed by atoms with Gasteiger partial charge in [-0.05, 0) is 111 Å². The third-order valence-corrected chi connectivity index (χ3v) is 20.1.